The van der Waals surface area contributed by atoms with Gasteiger partial charge in [-0.1, -0.05) is 6.07 Å². The van der Waals surface area contributed by atoms with E-state index in [0.29, 0.717) is 16.0 Å². The van der Waals surface area contributed by atoms with Crippen molar-refractivity contribution >= 4 is 36.4 Å². The molecule has 29 heavy (non-hydrogen) atoms. The summed E-state index contributed by atoms with van der Waals surface area (Å²) in [6.45, 7) is 12.7. The Kier molecular flexibility index (Phi) is 4.87. The molecule has 2 aromatic rings. The Morgan fingerprint density at radius 1 is 1.17 bits per heavy atom. The minimum atomic E-state index is -1.54. The maximum atomic E-state index is 12.3. The van der Waals surface area contributed by atoms with Gasteiger partial charge < -0.3 is 19.2 Å². The van der Waals surface area contributed by atoms with Crippen LogP contribution >= 0.6 is 0 Å². The fourth-order valence-electron chi connectivity index (χ4n) is 2.65. The van der Waals surface area contributed by atoms with Gasteiger partial charge in [0.1, 0.15) is 5.60 Å². The van der Waals surface area contributed by atoms with Gasteiger partial charge >= 0.3 is 19.3 Å². The zero-order valence-corrected chi connectivity index (χ0v) is 17.6. The second-order valence-electron chi connectivity index (χ2n) is 8.86. The van der Waals surface area contributed by atoms with Crippen molar-refractivity contribution in [2.75, 3.05) is 4.90 Å². The van der Waals surface area contributed by atoms with Gasteiger partial charge in [0.25, 0.3) is 5.95 Å². The summed E-state index contributed by atoms with van der Waals surface area (Å²) in [5.41, 5.74) is -0.830. The SMILES string of the molecule is CC(C)(C)OC(=O)N(C(=O)O)c1nc2ccc(B3OC(C)(C)C(C)(C)O3)cn2n1. The fraction of sp³-hybridized carbons (Fsp3) is 0.556. The topological polar surface area (TPSA) is 115 Å². The number of carbonyl (C=O) groups excluding carboxylic acids is 1. The molecule has 0 spiro atoms. The molecule has 11 heteroatoms. The smallest absolute Gasteiger partial charge is 0.464 e. The van der Waals surface area contributed by atoms with Gasteiger partial charge in [-0.2, -0.15) is 4.98 Å². The average molecular weight is 404 g/mol. The largest absolute Gasteiger partial charge is 0.496 e. The molecule has 1 N–H and O–H groups in total. The molecule has 0 unspecified atom stereocenters. The lowest BCUT2D eigenvalue weighted by molar-refractivity contribution is 0.00578. The lowest BCUT2D eigenvalue weighted by Gasteiger charge is -2.32. The Bertz CT molecular complexity index is 949. The maximum Gasteiger partial charge on any atom is 0.496 e. The Morgan fingerprint density at radius 2 is 1.76 bits per heavy atom. The first kappa shape index (κ1) is 21.1. The van der Waals surface area contributed by atoms with Crippen LogP contribution in [-0.4, -0.2) is 55.8 Å². The van der Waals surface area contributed by atoms with Crippen molar-refractivity contribution in [3.8, 4) is 0 Å². The summed E-state index contributed by atoms with van der Waals surface area (Å²) in [5, 5.41) is 13.6. The zero-order chi connectivity index (χ0) is 21.8. The van der Waals surface area contributed by atoms with Crippen LogP contribution in [0, 0.1) is 0 Å². The van der Waals surface area contributed by atoms with Crippen molar-refractivity contribution in [2.24, 2.45) is 0 Å². The molecular weight excluding hydrogens is 379 g/mol. The number of amides is 2. The van der Waals surface area contributed by atoms with Crippen molar-refractivity contribution in [1.82, 2.24) is 14.6 Å². The van der Waals surface area contributed by atoms with Crippen LogP contribution in [0.3, 0.4) is 0 Å². The number of aromatic nitrogens is 3. The lowest BCUT2D eigenvalue weighted by atomic mass is 9.80. The number of carbonyl (C=O) groups is 2. The minimum Gasteiger partial charge on any atom is -0.464 e. The van der Waals surface area contributed by atoms with E-state index in [9.17, 15) is 14.7 Å². The number of ether oxygens (including phenoxy) is 1. The number of anilines is 1. The first-order chi connectivity index (χ1) is 13.2. The van der Waals surface area contributed by atoms with Crippen LogP contribution in [0.4, 0.5) is 15.5 Å². The van der Waals surface area contributed by atoms with Crippen LogP contribution in [0.1, 0.15) is 48.5 Å². The van der Waals surface area contributed by atoms with Crippen molar-refractivity contribution in [2.45, 2.75) is 65.3 Å². The second kappa shape index (κ2) is 6.70. The van der Waals surface area contributed by atoms with Crippen molar-refractivity contribution in [3.63, 3.8) is 0 Å². The Morgan fingerprint density at radius 3 is 2.28 bits per heavy atom. The summed E-state index contributed by atoms with van der Waals surface area (Å²) in [5.74, 6) is -0.308. The first-order valence-corrected chi connectivity index (χ1v) is 9.18. The van der Waals surface area contributed by atoms with E-state index in [1.165, 1.54) is 4.52 Å². The predicted octanol–water partition coefficient (Wildman–Crippen LogP) is 2.45. The van der Waals surface area contributed by atoms with Crippen molar-refractivity contribution in [3.05, 3.63) is 18.3 Å². The third-order valence-electron chi connectivity index (χ3n) is 4.84. The number of carboxylic acid groups (broad SMARTS) is 1. The molecule has 3 heterocycles. The number of fused-ring (bicyclic) bond motifs is 1. The highest BCUT2D eigenvalue weighted by molar-refractivity contribution is 6.62. The molecule has 2 aromatic heterocycles. The Labute approximate surface area is 168 Å². The molecular formula is C18H25BN4O6. The number of hydrogen-bond donors (Lipinski definition) is 1. The molecule has 3 rings (SSSR count). The van der Waals surface area contributed by atoms with E-state index in [1.807, 2.05) is 27.7 Å². The van der Waals surface area contributed by atoms with E-state index in [4.69, 9.17) is 14.0 Å². The van der Waals surface area contributed by atoms with Crippen LogP contribution < -0.4 is 10.4 Å². The molecule has 1 fully saturated rings. The Hall–Kier alpha value is -2.66. The van der Waals surface area contributed by atoms with Crippen LogP contribution in [0.5, 0.6) is 0 Å². The molecule has 0 aliphatic carbocycles. The maximum absolute atomic E-state index is 12.3. The lowest BCUT2D eigenvalue weighted by Crippen LogP contribution is -2.41. The van der Waals surface area contributed by atoms with E-state index < -0.39 is 36.1 Å². The quantitative estimate of drug-likeness (QED) is 0.759. The van der Waals surface area contributed by atoms with Gasteiger partial charge in [0.15, 0.2) is 5.65 Å². The third kappa shape index (κ3) is 4.06. The van der Waals surface area contributed by atoms with Crippen molar-refractivity contribution in [1.29, 1.82) is 0 Å². The number of pyridine rings is 1. The van der Waals surface area contributed by atoms with Crippen LogP contribution in [-0.2, 0) is 14.0 Å². The monoisotopic (exact) mass is 404 g/mol. The van der Waals surface area contributed by atoms with E-state index in [-0.39, 0.29) is 5.95 Å². The number of rotatable bonds is 2. The first-order valence-electron chi connectivity index (χ1n) is 9.18. The second-order valence-corrected chi connectivity index (χ2v) is 8.86. The fourth-order valence-corrected chi connectivity index (χ4v) is 2.65. The molecule has 1 saturated heterocycles. The van der Waals surface area contributed by atoms with Crippen LogP contribution in [0.15, 0.2) is 18.3 Å². The average Bonchev–Trinajstić information content (AvgIpc) is 3.02. The van der Waals surface area contributed by atoms with Crippen LogP contribution in [0.2, 0.25) is 0 Å². The van der Waals surface area contributed by atoms with Crippen molar-refractivity contribution < 1.29 is 28.7 Å². The minimum absolute atomic E-state index is 0.308. The molecule has 1 aliphatic heterocycles. The van der Waals surface area contributed by atoms with Gasteiger partial charge in [-0.25, -0.2) is 14.1 Å². The van der Waals surface area contributed by atoms with Crippen LogP contribution in [0.25, 0.3) is 5.65 Å². The molecule has 156 valence electrons. The van der Waals surface area contributed by atoms with Gasteiger partial charge in [0.2, 0.25) is 0 Å². The van der Waals surface area contributed by atoms with Gasteiger partial charge in [0, 0.05) is 11.7 Å². The molecule has 2 amide bonds. The third-order valence-corrected chi connectivity index (χ3v) is 4.84. The highest BCUT2D eigenvalue weighted by Gasteiger charge is 2.51. The molecule has 0 aromatic carbocycles. The van der Waals surface area contributed by atoms with E-state index in [1.54, 1.807) is 39.1 Å². The highest BCUT2D eigenvalue weighted by atomic mass is 16.7. The van der Waals surface area contributed by atoms with E-state index in [0.717, 1.165) is 0 Å². The predicted molar refractivity (Wildman–Crippen MR) is 105 cm³/mol. The summed E-state index contributed by atoms with van der Waals surface area (Å²) in [6, 6.07) is 3.40. The molecule has 0 bridgehead atoms. The van der Waals surface area contributed by atoms with Gasteiger partial charge in [0.05, 0.1) is 11.2 Å². The summed E-state index contributed by atoms with van der Waals surface area (Å²) in [6.07, 6.45) is -0.989. The molecule has 0 saturated carbocycles. The van der Waals surface area contributed by atoms with Gasteiger partial charge in [-0.05, 0) is 54.5 Å². The summed E-state index contributed by atoms with van der Waals surface area (Å²) >= 11 is 0. The highest BCUT2D eigenvalue weighted by Crippen LogP contribution is 2.36. The summed E-state index contributed by atoms with van der Waals surface area (Å²) in [7, 11) is -0.613. The molecule has 10 nitrogen and oxygen atoms in total. The molecule has 1 aliphatic rings. The Balaban J connectivity index is 1.93. The normalized spacial score (nSPS) is 18.1. The van der Waals surface area contributed by atoms with Gasteiger partial charge in [-0.3, -0.25) is 0 Å². The van der Waals surface area contributed by atoms with E-state index in [2.05, 4.69) is 10.1 Å². The van der Waals surface area contributed by atoms with E-state index >= 15 is 0 Å². The van der Waals surface area contributed by atoms with Gasteiger partial charge in [-0.15, -0.1) is 10.00 Å². The standard InChI is InChI=1S/C18H25BN4O6/c1-16(2,3)27-15(26)23(14(24)25)13-20-12-9-8-11(10-22(12)21-13)19-28-17(4,5)18(6,7)29-19/h8-10H,1-7H3,(H,24,25). The summed E-state index contributed by atoms with van der Waals surface area (Å²) < 4.78 is 18.6. The molecule has 0 atom stereocenters. The number of nitrogens with zero attached hydrogens (tertiary/aromatic N) is 4. The number of hydrogen-bond acceptors (Lipinski definition) is 7. The summed E-state index contributed by atoms with van der Waals surface area (Å²) in [4.78, 5) is 28.4. The zero-order valence-electron chi connectivity index (χ0n) is 17.6. The molecule has 0 radical (unpaired) electrons. The number of imide groups is 1.